The van der Waals surface area contributed by atoms with Crippen molar-refractivity contribution in [2.24, 2.45) is 5.92 Å². The van der Waals surface area contributed by atoms with E-state index in [1.807, 2.05) is 32.9 Å². The van der Waals surface area contributed by atoms with E-state index in [1.54, 1.807) is 16.8 Å². The number of nitrogens with zero attached hydrogens (tertiary/aromatic N) is 2. The van der Waals surface area contributed by atoms with Gasteiger partial charge in [0.2, 0.25) is 0 Å². The molecule has 28 heavy (non-hydrogen) atoms. The van der Waals surface area contributed by atoms with Crippen molar-refractivity contribution < 1.29 is 19.4 Å². The Morgan fingerprint density at radius 1 is 1.32 bits per heavy atom. The Hall–Kier alpha value is -2.67. The van der Waals surface area contributed by atoms with E-state index in [2.05, 4.69) is 10.4 Å². The van der Waals surface area contributed by atoms with Gasteiger partial charge in [0, 0.05) is 36.2 Å². The van der Waals surface area contributed by atoms with E-state index in [4.69, 9.17) is 9.84 Å². The second kappa shape index (κ2) is 8.56. The van der Waals surface area contributed by atoms with Gasteiger partial charge in [-0.25, -0.2) is 4.68 Å². The van der Waals surface area contributed by atoms with Gasteiger partial charge in [0.15, 0.2) is 0 Å². The highest BCUT2D eigenvalue weighted by atomic mass is 16.5. The number of carboxylic acids is 1. The number of rotatable bonds is 7. The summed E-state index contributed by atoms with van der Waals surface area (Å²) in [6.07, 6.45) is 1.51. The Bertz CT molecular complexity index is 851. The van der Waals surface area contributed by atoms with Gasteiger partial charge in [-0.05, 0) is 63.4 Å². The van der Waals surface area contributed by atoms with E-state index in [0.29, 0.717) is 24.5 Å². The molecule has 1 amide bonds. The van der Waals surface area contributed by atoms with E-state index in [-0.39, 0.29) is 18.4 Å². The largest absolute Gasteiger partial charge is 0.481 e. The van der Waals surface area contributed by atoms with Crippen molar-refractivity contribution >= 4 is 11.9 Å². The number of carboxylic acid groups (broad SMARTS) is 1. The zero-order valence-corrected chi connectivity index (χ0v) is 16.6. The zero-order valence-electron chi connectivity index (χ0n) is 16.6. The van der Waals surface area contributed by atoms with Crippen LogP contribution in [0.4, 0.5) is 0 Å². The molecule has 1 aromatic carbocycles. The van der Waals surface area contributed by atoms with E-state index < -0.39 is 5.97 Å². The van der Waals surface area contributed by atoms with Crippen LogP contribution in [0.3, 0.4) is 0 Å². The number of carbonyl (C=O) groups excluding carboxylic acids is 1. The van der Waals surface area contributed by atoms with Gasteiger partial charge < -0.3 is 15.2 Å². The zero-order chi connectivity index (χ0) is 20.3. The monoisotopic (exact) mass is 385 g/mol. The molecule has 3 rings (SSSR count). The number of aliphatic carboxylic acids is 1. The van der Waals surface area contributed by atoms with Crippen molar-refractivity contribution in [3.8, 4) is 5.69 Å². The molecule has 1 saturated heterocycles. The molecule has 7 nitrogen and oxygen atoms in total. The van der Waals surface area contributed by atoms with Crippen molar-refractivity contribution in [2.75, 3.05) is 13.2 Å². The normalized spacial score (nSPS) is 17.5. The Morgan fingerprint density at radius 3 is 2.64 bits per heavy atom. The molecule has 0 unspecified atom stereocenters. The Balaban J connectivity index is 1.71. The molecule has 0 saturated carbocycles. The quantitative estimate of drug-likeness (QED) is 0.764. The Kier molecular flexibility index (Phi) is 6.14. The van der Waals surface area contributed by atoms with E-state index in [0.717, 1.165) is 35.7 Å². The van der Waals surface area contributed by atoms with Crippen molar-refractivity contribution in [1.29, 1.82) is 0 Å². The molecule has 0 bridgehead atoms. The van der Waals surface area contributed by atoms with Gasteiger partial charge in [0.1, 0.15) is 0 Å². The van der Waals surface area contributed by atoms with E-state index in [9.17, 15) is 9.59 Å². The number of ether oxygens (including phenoxy) is 1. The minimum Gasteiger partial charge on any atom is -0.481 e. The predicted octanol–water partition coefficient (Wildman–Crippen LogP) is 2.66. The van der Waals surface area contributed by atoms with Gasteiger partial charge in [0.25, 0.3) is 5.91 Å². The minimum atomic E-state index is -0.819. The van der Waals surface area contributed by atoms with Gasteiger partial charge in [-0.2, -0.15) is 5.10 Å². The van der Waals surface area contributed by atoms with Gasteiger partial charge in [0.05, 0.1) is 18.0 Å². The maximum atomic E-state index is 12.5. The van der Waals surface area contributed by atoms with Crippen LogP contribution < -0.4 is 5.32 Å². The van der Waals surface area contributed by atoms with Crippen LogP contribution in [-0.2, 0) is 16.0 Å². The van der Waals surface area contributed by atoms with Crippen LogP contribution in [0, 0.1) is 19.8 Å². The molecule has 2 heterocycles. The second-order valence-electron chi connectivity index (χ2n) is 7.39. The molecule has 1 aliphatic heterocycles. The second-order valence-corrected chi connectivity index (χ2v) is 7.39. The number of nitrogens with one attached hydrogen (secondary N) is 1. The lowest BCUT2D eigenvalue weighted by atomic mass is 10.0. The average molecular weight is 385 g/mol. The summed E-state index contributed by atoms with van der Waals surface area (Å²) < 4.78 is 7.19. The molecule has 1 fully saturated rings. The SMILES string of the molecule is Cc1nn(-c2ccc(C(=O)N[C@H](C)[C@H]3CCOC3)cc2)c(C)c1CCC(=O)O. The van der Waals surface area contributed by atoms with Crippen molar-refractivity contribution in [3.63, 3.8) is 0 Å². The highest BCUT2D eigenvalue weighted by Crippen LogP contribution is 2.20. The molecule has 0 aliphatic carbocycles. The number of hydrogen-bond donors (Lipinski definition) is 2. The molecular formula is C21H27N3O4. The molecule has 7 heteroatoms. The standard InChI is InChI=1S/C21H27N3O4/c1-13(17-10-11-28-12-17)22-21(27)16-4-6-18(7-5-16)24-15(3)19(14(2)23-24)8-9-20(25)26/h4-7,13,17H,8-12H2,1-3H3,(H,22,27)(H,25,26)/t13-,17+/m1/s1. The average Bonchev–Trinajstić information content (AvgIpc) is 3.29. The molecule has 150 valence electrons. The van der Waals surface area contributed by atoms with Gasteiger partial charge in [-0.1, -0.05) is 0 Å². The number of amides is 1. The molecule has 0 radical (unpaired) electrons. The maximum Gasteiger partial charge on any atom is 0.303 e. The molecule has 2 atom stereocenters. The Morgan fingerprint density at radius 2 is 2.04 bits per heavy atom. The van der Waals surface area contributed by atoms with Crippen LogP contribution in [0.2, 0.25) is 0 Å². The maximum absolute atomic E-state index is 12.5. The lowest BCUT2D eigenvalue weighted by Gasteiger charge is -2.19. The van der Waals surface area contributed by atoms with Gasteiger partial charge >= 0.3 is 5.97 Å². The lowest BCUT2D eigenvalue weighted by molar-refractivity contribution is -0.136. The summed E-state index contributed by atoms with van der Waals surface area (Å²) in [6, 6.07) is 7.37. The summed E-state index contributed by atoms with van der Waals surface area (Å²) in [5.41, 5.74) is 4.15. The third kappa shape index (κ3) is 4.42. The smallest absolute Gasteiger partial charge is 0.303 e. The highest BCUT2D eigenvalue weighted by molar-refractivity contribution is 5.94. The third-order valence-electron chi connectivity index (χ3n) is 5.43. The Labute approximate surface area is 164 Å². The molecular weight excluding hydrogens is 358 g/mol. The lowest BCUT2D eigenvalue weighted by Crippen LogP contribution is -2.38. The fraction of sp³-hybridized carbons (Fsp3) is 0.476. The predicted molar refractivity (Wildman–Crippen MR) is 105 cm³/mol. The molecule has 2 aromatic rings. The number of aromatic nitrogens is 2. The van der Waals surface area contributed by atoms with Crippen molar-refractivity contribution in [2.45, 2.75) is 46.1 Å². The number of aryl methyl sites for hydroxylation is 1. The van der Waals surface area contributed by atoms with Crippen LogP contribution in [0.15, 0.2) is 24.3 Å². The molecule has 1 aromatic heterocycles. The summed E-state index contributed by atoms with van der Waals surface area (Å²) in [5.74, 6) is -0.552. The summed E-state index contributed by atoms with van der Waals surface area (Å²) in [5, 5.41) is 16.5. The first-order valence-corrected chi connectivity index (χ1v) is 9.62. The topological polar surface area (TPSA) is 93.5 Å². The van der Waals surface area contributed by atoms with Crippen LogP contribution >= 0.6 is 0 Å². The molecule has 1 aliphatic rings. The van der Waals surface area contributed by atoms with Crippen molar-refractivity contribution in [1.82, 2.24) is 15.1 Å². The van der Waals surface area contributed by atoms with E-state index in [1.165, 1.54) is 0 Å². The van der Waals surface area contributed by atoms with Crippen molar-refractivity contribution in [3.05, 3.63) is 46.8 Å². The molecule has 2 N–H and O–H groups in total. The first-order chi connectivity index (χ1) is 13.4. The van der Waals surface area contributed by atoms with Crippen LogP contribution in [0.25, 0.3) is 5.69 Å². The summed E-state index contributed by atoms with van der Waals surface area (Å²) in [4.78, 5) is 23.4. The van der Waals surface area contributed by atoms with E-state index >= 15 is 0 Å². The first-order valence-electron chi connectivity index (χ1n) is 9.62. The third-order valence-corrected chi connectivity index (χ3v) is 5.43. The van der Waals surface area contributed by atoms with Crippen LogP contribution in [-0.4, -0.2) is 46.0 Å². The number of hydrogen-bond acceptors (Lipinski definition) is 4. The number of carbonyl (C=O) groups is 2. The van der Waals surface area contributed by atoms with Crippen LogP contribution in [0.1, 0.15) is 47.1 Å². The summed E-state index contributed by atoms with van der Waals surface area (Å²) >= 11 is 0. The first kappa shape index (κ1) is 20.1. The summed E-state index contributed by atoms with van der Waals surface area (Å²) in [6.45, 7) is 7.29. The fourth-order valence-electron chi connectivity index (χ4n) is 3.63. The number of benzene rings is 1. The minimum absolute atomic E-state index is 0.0717. The summed E-state index contributed by atoms with van der Waals surface area (Å²) in [7, 11) is 0. The van der Waals surface area contributed by atoms with Gasteiger partial charge in [-0.15, -0.1) is 0 Å². The fourth-order valence-corrected chi connectivity index (χ4v) is 3.63. The van der Waals surface area contributed by atoms with Crippen LogP contribution in [0.5, 0.6) is 0 Å². The van der Waals surface area contributed by atoms with Gasteiger partial charge in [-0.3, -0.25) is 9.59 Å². The highest BCUT2D eigenvalue weighted by Gasteiger charge is 2.24. The molecule has 0 spiro atoms.